The molecule has 0 atom stereocenters. The van der Waals surface area contributed by atoms with Gasteiger partial charge in [0.15, 0.2) is 0 Å². The lowest BCUT2D eigenvalue weighted by molar-refractivity contribution is -2.00. The summed E-state index contributed by atoms with van der Waals surface area (Å²) in [4.78, 5) is 0. The molecule has 0 unspecified atom stereocenters. The van der Waals surface area contributed by atoms with Gasteiger partial charge in [-0.15, -0.1) is 10.2 Å². The number of aliphatic hydroxyl groups excluding tert-OH is 2. The van der Waals surface area contributed by atoms with Crippen molar-refractivity contribution in [3.63, 3.8) is 0 Å². The maximum atomic E-state index is 8.94. The molecule has 0 spiro atoms. The molecule has 0 aromatic heterocycles. The van der Waals surface area contributed by atoms with Crippen LogP contribution in [0.4, 0.5) is 0 Å². The van der Waals surface area contributed by atoms with Gasteiger partial charge < -0.3 is 24.2 Å². The average molecular weight is 574 g/mol. The monoisotopic (exact) mass is 573 g/mol. The van der Waals surface area contributed by atoms with Gasteiger partial charge in [-0.25, -0.2) is 18.6 Å². The van der Waals surface area contributed by atoms with Crippen molar-refractivity contribution in [2.75, 3.05) is 65.8 Å². The van der Waals surface area contributed by atoms with E-state index in [2.05, 4.69) is 13.8 Å². The molecule has 0 heterocycles. The highest BCUT2D eigenvalue weighted by molar-refractivity contribution is 4.51. The van der Waals surface area contributed by atoms with Crippen LogP contribution in [0.15, 0.2) is 0 Å². The Labute approximate surface area is 235 Å². The van der Waals surface area contributed by atoms with Crippen molar-refractivity contribution in [3.8, 4) is 0 Å². The zero-order valence-electron chi connectivity index (χ0n) is 24.6. The molecular formula is C28H60ClNO8. The lowest BCUT2D eigenvalue weighted by atomic mass is 10.0. The molecular weight excluding hydrogens is 514 g/mol. The summed E-state index contributed by atoms with van der Waals surface area (Å²) in [6, 6.07) is 0. The van der Waals surface area contributed by atoms with Crippen molar-refractivity contribution in [3.05, 3.63) is 0 Å². The summed E-state index contributed by atoms with van der Waals surface area (Å²) < 4.78 is 46.1. The van der Waals surface area contributed by atoms with Gasteiger partial charge in [-0.05, 0) is 19.8 Å². The number of hydrogen-bond acceptors (Lipinski definition) is 8. The van der Waals surface area contributed by atoms with Gasteiger partial charge >= 0.3 is 0 Å². The fourth-order valence-corrected chi connectivity index (χ4v) is 4.65. The van der Waals surface area contributed by atoms with Crippen LogP contribution in [0.25, 0.3) is 0 Å². The highest BCUT2D eigenvalue weighted by Crippen LogP contribution is 2.15. The van der Waals surface area contributed by atoms with Crippen molar-refractivity contribution < 1.29 is 53.0 Å². The zero-order chi connectivity index (χ0) is 28.8. The van der Waals surface area contributed by atoms with Crippen molar-refractivity contribution in [1.29, 1.82) is 0 Å². The minimum atomic E-state index is -4.94. The number of likely N-dealkylation sites (N-methyl/N-ethyl adjacent to an activating group) is 1. The van der Waals surface area contributed by atoms with E-state index in [1.165, 1.54) is 109 Å². The number of quaternary nitrogens is 1. The molecule has 232 valence electrons. The number of aliphatic hydroxyl groups is 2. The van der Waals surface area contributed by atoms with Gasteiger partial charge in [-0.1, -0.05) is 96.8 Å². The Morgan fingerprint density at radius 3 is 1.11 bits per heavy atom. The summed E-state index contributed by atoms with van der Waals surface area (Å²) in [5.74, 6) is 0. The third-order valence-corrected chi connectivity index (χ3v) is 7.05. The fraction of sp³-hybridized carbons (Fsp3) is 1.00. The topological polar surface area (TPSA) is 151 Å². The van der Waals surface area contributed by atoms with Crippen LogP contribution < -0.4 is 18.6 Å². The average Bonchev–Trinajstić information content (AvgIpc) is 2.87. The number of ether oxygens (including phenoxy) is 2. The Balaban J connectivity index is 0. The molecule has 0 aliphatic carbocycles. The Hall–Kier alpha value is -0.0700. The van der Waals surface area contributed by atoms with Gasteiger partial charge in [0.1, 0.15) is 13.1 Å². The molecule has 0 saturated carbocycles. The van der Waals surface area contributed by atoms with Crippen LogP contribution in [0.5, 0.6) is 0 Å². The SMILES string of the molecule is CCCCCCCCCCCCCCCCCC[N+](CC)(CCOCCO)CCOCCO.[O-][Cl+3]([O-])([O-])[O-]. The first-order chi connectivity index (χ1) is 18.2. The summed E-state index contributed by atoms with van der Waals surface area (Å²) in [7, 11) is -4.94. The van der Waals surface area contributed by atoms with E-state index in [4.69, 9.17) is 38.3 Å². The van der Waals surface area contributed by atoms with Gasteiger partial charge in [0.25, 0.3) is 0 Å². The zero-order valence-corrected chi connectivity index (χ0v) is 25.3. The van der Waals surface area contributed by atoms with Crippen LogP contribution in [0, 0.1) is 10.2 Å². The smallest absolute Gasteiger partial charge is 0.102 e. The predicted octanol–water partition coefficient (Wildman–Crippen LogP) is 1.35. The lowest BCUT2D eigenvalue weighted by Crippen LogP contribution is -2.68. The molecule has 10 heteroatoms. The van der Waals surface area contributed by atoms with Gasteiger partial charge in [-0.3, -0.25) is 0 Å². The van der Waals surface area contributed by atoms with E-state index in [1.54, 1.807) is 0 Å². The second kappa shape index (κ2) is 29.9. The molecule has 0 amide bonds. The Kier molecular flexibility index (Phi) is 31.5. The van der Waals surface area contributed by atoms with Crippen LogP contribution >= 0.6 is 0 Å². The summed E-state index contributed by atoms with van der Waals surface area (Å²) in [6.45, 7) is 11.1. The summed E-state index contributed by atoms with van der Waals surface area (Å²) in [5, 5.41) is 17.9. The third-order valence-electron chi connectivity index (χ3n) is 7.05. The molecule has 0 aliphatic heterocycles. The number of nitrogens with zero attached hydrogens (tertiary/aromatic N) is 1. The molecule has 38 heavy (non-hydrogen) atoms. The van der Waals surface area contributed by atoms with E-state index in [0.717, 1.165) is 24.1 Å². The highest BCUT2D eigenvalue weighted by Gasteiger charge is 2.24. The first-order valence-corrected chi connectivity index (χ1v) is 16.3. The molecule has 0 bridgehead atoms. The molecule has 0 rings (SSSR count). The number of hydrogen-bond donors (Lipinski definition) is 2. The second-order valence-electron chi connectivity index (χ2n) is 10.2. The van der Waals surface area contributed by atoms with Crippen molar-refractivity contribution >= 4 is 0 Å². The van der Waals surface area contributed by atoms with Crippen LogP contribution in [-0.2, 0) is 9.47 Å². The number of rotatable bonds is 28. The van der Waals surface area contributed by atoms with Gasteiger partial charge in [0.05, 0.1) is 52.7 Å². The second-order valence-corrected chi connectivity index (χ2v) is 10.9. The van der Waals surface area contributed by atoms with Crippen molar-refractivity contribution in [2.24, 2.45) is 0 Å². The minimum Gasteiger partial charge on any atom is -0.394 e. The maximum Gasteiger partial charge on any atom is 0.102 e. The Morgan fingerprint density at radius 2 is 0.816 bits per heavy atom. The standard InChI is InChI=1S/C28H60NO4.ClHO4/c1-3-5-6-7-8-9-10-11-12-13-14-15-16-17-18-19-20-29(4-2,21-25-32-27-23-30)22-26-33-28-24-31;2-1(3,4)5/h30-31H,3-28H2,1-2H3;(H,2,3,4,5)/q+1;/p-1. The number of halogens is 1. The quantitative estimate of drug-likeness (QED) is 0.105. The molecule has 0 fully saturated rings. The van der Waals surface area contributed by atoms with Gasteiger partial charge in [0.2, 0.25) is 0 Å². The van der Waals surface area contributed by atoms with Crippen LogP contribution in [0.3, 0.4) is 0 Å². The Bertz CT molecular complexity index is 437. The van der Waals surface area contributed by atoms with Gasteiger partial charge in [-0.2, -0.15) is 0 Å². The molecule has 0 aromatic carbocycles. The van der Waals surface area contributed by atoms with Crippen LogP contribution in [-0.4, -0.2) is 80.5 Å². The van der Waals surface area contributed by atoms with Crippen molar-refractivity contribution in [1.82, 2.24) is 0 Å². The predicted molar refractivity (Wildman–Crippen MR) is 141 cm³/mol. The van der Waals surface area contributed by atoms with E-state index in [0.29, 0.717) is 26.4 Å². The largest absolute Gasteiger partial charge is 0.394 e. The van der Waals surface area contributed by atoms with Crippen LogP contribution in [0.2, 0.25) is 0 Å². The first kappa shape index (κ1) is 40.1. The Morgan fingerprint density at radius 1 is 0.500 bits per heavy atom. The summed E-state index contributed by atoms with van der Waals surface area (Å²) in [5.41, 5.74) is 0. The molecule has 9 nitrogen and oxygen atoms in total. The number of unbranched alkanes of at least 4 members (excludes halogenated alkanes) is 15. The van der Waals surface area contributed by atoms with Crippen molar-refractivity contribution in [2.45, 2.75) is 117 Å². The van der Waals surface area contributed by atoms with E-state index in [9.17, 15) is 0 Å². The van der Waals surface area contributed by atoms with E-state index >= 15 is 0 Å². The molecule has 0 radical (unpaired) electrons. The molecule has 0 aliphatic rings. The fourth-order valence-electron chi connectivity index (χ4n) is 4.65. The molecule has 0 aromatic rings. The molecule has 2 N–H and O–H groups in total. The first-order valence-electron chi connectivity index (χ1n) is 15.1. The summed E-state index contributed by atoms with van der Waals surface area (Å²) in [6.07, 6.45) is 22.4. The molecule has 0 saturated heterocycles. The third kappa shape index (κ3) is 34.0. The van der Waals surface area contributed by atoms with Gasteiger partial charge in [0, 0.05) is 0 Å². The summed E-state index contributed by atoms with van der Waals surface area (Å²) >= 11 is 0. The van der Waals surface area contributed by atoms with E-state index in [-0.39, 0.29) is 13.2 Å². The lowest BCUT2D eigenvalue weighted by Gasteiger charge is -2.38. The van der Waals surface area contributed by atoms with E-state index in [1.807, 2.05) is 0 Å². The highest BCUT2D eigenvalue weighted by atomic mass is 35.7. The van der Waals surface area contributed by atoms with Crippen LogP contribution in [0.1, 0.15) is 117 Å². The van der Waals surface area contributed by atoms with E-state index < -0.39 is 10.2 Å². The maximum absolute atomic E-state index is 8.94. The minimum absolute atomic E-state index is 0.0882. The normalized spacial score (nSPS) is 12.0.